The lowest BCUT2D eigenvalue weighted by Gasteiger charge is -2.18. The molecule has 0 radical (unpaired) electrons. The van der Waals surface area contributed by atoms with E-state index in [1.165, 1.54) is 154 Å². The Morgan fingerprint density at radius 3 is 0.893 bits per heavy atom. The van der Waals surface area contributed by atoms with Gasteiger partial charge in [-0.25, -0.2) is 0 Å². The molecule has 0 aromatic rings. The van der Waals surface area contributed by atoms with E-state index in [2.05, 4.69) is 118 Å². The Morgan fingerprint density at radius 2 is 0.533 bits per heavy atom. The number of allylic oxidation sites excluding steroid dienone is 16. The van der Waals surface area contributed by atoms with E-state index in [0.29, 0.717) is 19.3 Å². The topological polar surface area (TPSA) is 78.9 Å². The van der Waals surface area contributed by atoms with Crippen molar-refractivity contribution in [3.63, 3.8) is 0 Å². The zero-order valence-electron chi connectivity index (χ0n) is 49.3. The molecular formula is C69H118O6. The predicted molar refractivity (Wildman–Crippen MR) is 325 cm³/mol. The molecule has 0 saturated heterocycles. The molecule has 0 aliphatic heterocycles. The van der Waals surface area contributed by atoms with Gasteiger partial charge in [-0.15, -0.1) is 0 Å². The van der Waals surface area contributed by atoms with Crippen LogP contribution in [0.4, 0.5) is 0 Å². The van der Waals surface area contributed by atoms with E-state index >= 15 is 0 Å². The molecule has 75 heavy (non-hydrogen) atoms. The number of rotatable bonds is 57. The van der Waals surface area contributed by atoms with Crippen LogP contribution in [0, 0.1) is 0 Å². The number of carbonyl (C=O) groups excluding carboxylic acids is 3. The van der Waals surface area contributed by atoms with Crippen LogP contribution in [0.2, 0.25) is 0 Å². The van der Waals surface area contributed by atoms with Crippen LogP contribution in [0.3, 0.4) is 0 Å². The van der Waals surface area contributed by atoms with Gasteiger partial charge in [0.25, 0.3) is 0 Å². The standard InChI is InChI=1S/C69H118O6/c1-4-7-10-13-16-19-22-24-26-27-28-29-30-31-32-33-34-35-36-37-38-39-40-41-43-44-47-50-53-56-59-62-68(71)74-65-66(64-73-67(70)61-58-55-52-49-46-21-18-15-12-9-6-3)75-69(72)63-60-57-54-51-48-45-42-25-23-20-17-14-11-8-5-2/h8,11,15,17-18,20,22,24-25,27-28,30-31,42,48,51,66H,4-7,9-10,12-14,16,19,21,23,26,29,32-41,43-47,49-50,52-65H2,1-3H3/b11-8-,18-15-,20-17-,24-22-,28-27-,31-30-,42-25-,51-48-. The highest BCUT2D eigenvalue weighted by Crippen LogP contribution is 2.16. The normalized spacial score (nSPS) is 12.7. The minimum atomic E-state index is -0.802. The molecule has 0 rings (SSSR count). The molecule has 6 nitrogen and oxygen atoms in total. The van der Waals surface area contributed by atoms with Crippen LogP contribution in [0.25, 0.3) is 0 Å². The first-order chi connectivity index (χ1) is 37.0. The quantitative estimate of drug-likeness (QED) is 0.0261. The second-order valence-electron chi connectivity index (χ2n) is 20.9. The second kappa shape index (κ2) is 62.9. The first-order valence-electron chi connectivity index (χ1n) is 31.7. The van der Waals surface area contributed by atoms with E-state index in [0.717, 1.165) is 103 Å². The van der Waals surface area contributed by atoms with Crippen LogP contribution in [-0.2, 0) is 28.6 Å². The molecule has 0 saturated carbocycles. The van der Waals surface area contributed by atoms with E-state index in [1.54, 1.807) is 0 Å². The third-order valence-electron chi connectivity index (χ3n) is 13.5. The largest absolute Gasteiger partial charge is 0.462 e. The van der Waals surface area contributed by atoms with Gasteiger partial charge in [0.05, 0.1) is 0 Å². The average molecular weight is 1040 g/mol. The lowest BCUT2D eigenvalue weighted by Crippen LogP contribution is -2.30. The SMILES string of the molecule is CC/C=C\C/C=C\C/C=C\C/C=C\CCCCC(=O)OC(COC(=O)CCCCCCC/C=C\CCCC)COC(=O)CCCCCCCCCCCCCCCCCC/C=C\C/C=C\C/C=C\CCCCCCC. The fourth-order valence-corrected chi connectivity index (χ4v) is 8.78. The Labute approximate surface area is 464 Å². The minimum absolute atomic E-state index is 0.0957. The van der Waals surface area contributed by atoms with E-state index in [1.807, 2.05) is 0 Å². The predicted octanol–water partition coefficient (Wildman–Crippen LogP) is 21.7. The summed E-state index contributed by atoms with van der Waals surface area (Å²) in [5, 5.41) is 0. The van der Waals surface area contributed by atoms with Gasteiger partial charge in [-0.3, -0.25) is 14.4 Å². The van der Waals surface area contributed by atoms with E-state index in [-0.39, 0.29) is 37.5 Å². The van der Waals surface area contributed by atoms with Gasteiger partial charge in [-0.05, 0) is 116 Å². The fourth-order valence-electron chi connectivity index (χ4n) is 8.78. The van der Waals surface area contributed by atoms with Crippen LogP contribution in [-0.4, -0.2) is 37.2 Å². The molecule has 0 bridgehead atoms. The maximum absolute atomic E-state index is 12.8. The summed E-state index contributed by atoms with van der Waals surface area (Å²) >= 11 is 0. The van der Waals surface area contributed by atoms with Gasteiger partial charge in [-0.2, -0.15) is 0 Å². The maximum Gasteiger partial charge on any atom is 0.306 e. The smallest absolute Gasteiger partial charge is 0.306 e. The monoisotopic (exact) mass is 1040 g/mol. The Hall–Kier alpha value is -3.67. The zero-order chi connectivity index (χ0) is 54.3. The molecule has 1 unspecified atom stereocenters. The first-order valence-corrected chi connectivity index (χ1v) is 31.7. The molecule has 0 aliphatic carbocycles. The van der Waals surface area contributed by atoms with Gasteiger partial charge < -0.3 is 14.2 Å². The molecule has 0 heterocycles. The molecule has 6 heteroatoms. The van der Waals surface area contributed by atoms with Crippen LogP contribution in [0.15, 0.2) is 97.2 Å². The second-order valence-corrected chi connectivity index (χ2v) is 20.9. The highest BCUT2D eigenvalue weighted by Gasteiger charge is 2.19. The summed E-state index contributed by atoms with van der Waals surface area (Å²) in [5.74, 6) is -0.942. The van der Waals surface area contributed by atoms with Crippen molar-refractivity contribution < 1.29 is 28.6 Å². The molecule has 0 amide bonds. The van der Waals surface area contributed by atoms with Crippen molar-refractivity contribution in [3.8, 4) is 0 Å². The van der Waals surface area contributed by atoms with Crippen molar-refractivity contribution in [3.05, 3.63) is 97.2 Å². The van der Waals surface area contributed by atoms with E-state index in [4.69, 9.17) is 14.2 Å². The third-order valence-corrected chi connectivity index (χ3v) is 13.5. The molecule has 0 fully saturated rings. The Kier molecular flexibility index (Phi) is 59.8. The number of esters is 3. The summed E-state index contributed by atoms with van der Waals surface area (Å²) < 4.78 is 16.8. The van der Waals surface area contributed by atoms with Crippen molar-refractivity contribution >= 4 is 17.9 Å². The Bertz CT molecular complexity index is 1480. The first kappa shape index (κ1) is 71.3. The number of unbranched alkanes of at least 4 members (excludes halogenated alkanes) is 30. The molecule has 0 N–H and O–H groups in total. The molecule has 0 aliphatic rings. The van der Waals surface area contributed by atoms with E-state index in [9.17, 15) is 14.4 Å². The van der Waals surface area contributed by atoms with Crippen molar-refractivity contribution in [1.82, 2.24) is 0 Å². The number of hydrogen-bond acceptors (Lipinski definition) is 6. The molecule has 1 atom stereocenters. The summed E-state index contributed by atoms with van der Waals surface area (Å²) in [6.07, 6.45) is 84.4. The van der Waals surface area contributed by atoms with Crippen molar-refractivity contribution in [2.75, 3.05) is 13.2 Å². The van der Waals surface area contributed by atoms with Crippen LogP contribution >= 0.6 is 0 Å². The molecular weight excluding hydrogens is 925 g/mol. The number of carbonyl (C=O) groups is 3. The van der Waals surface area contributed by atoms with Gasteiger partial charge in [0.2, 0.25) is 0 Å². The lowest BCUT2D eigenvalue weighted by molar-refractivity contribution is -0.167. The zero-order valence-corrected chi connectivity index (χ0v) is 49.3. The van der Waals surface area contributed by atoms with Crippen molar-refractivity contribution in [1.29, 1.82) is 0 Å². The highest BCUT2D eigenvalue weighted by molar-refractivity contribution is 5.71. The summed E-state index contributed by atoms with van der Waals surface area (Å²) in [7, 11) is 0. The Balaban J connectivity index is 4.18. The van der Waals surface area contributed by atoms with Crippen LogP contribution in [0.5, 0.6) is 0 Å². The summed E-state index contributed by atoms with van der Waals surface area (Å²) in [5.41, 5.74) is 0. The maximum atomic E-state index is 12.8. The summed E-state index contributed by atoms with van der Waals surface area (Å²) in [4.78, 5) is 38.1. The minimum Gasteiger partial charge on any atom is -0.462 e. The third kappa shape index (κ3) is 61.1. The molecule has 0 spiro atoms. The summed E-state index contributed by atoms with van der Waals surface area (Å²) in [6.45, 7) is 6.45. The highest BCUT2D eigenvalue weighted by atomic mass is 16.6. The molecule has 430 valence electrons. The number of hydrogen-bond donors (Lipinski definition) is 0. The fraction of sp³-hybridized carbons (Fsp3) is 0.725. The summed E-state index contributed by atoms with van der Waals surface area (Å²) in [6, 6.07) is 0. The van der Waals surface area contributed by atoms with Crippen molar-refractivity contribution in [2.45, 2.75) is 309 Å². The van der Waals surface area contributed by atoms with Crippen LogP contribution in [0.1, 0.15) is 303 Å². The molecule has 0 aromatic heterocycles. The van der Waals surface area contributed by atoms with Gasteiger partial charge in [0.15, 0.2) is 6.10 Å². The van der Waals surface area contributed by atoms with E-state index < -0.39 is 6.10 Å². The van der Waals surface area contributed by atoms with Gasteiger partial charge in [-0.1, -0.05) is 266 Å². The van der Waals surface area contributed by atoms with Gasteiger partial charge in [0.1, 0.15) is 13.2 Å². The van der Waals surface area contributed by atoms with Gasteiger partial charge in [0, 0.05) is 19.3 Å². The van der Waals surface area contributed by atoms with Crippen LogP contribution < -0.4 is 0 Å². The number of ether oxygens (including phenoxy) is 3. The van der Waals surface area contributed by atoms with Gasteiger partial charge >= 0.3 is 17.9 Å². The van der Waals surface area contributed by atoms with Crippen molar-refractivity contribution in [2.24, 2.45) is 0 Å². The molecule has 0 aromatic carbocycles. The Morgan fingerprint density at radius 1 is 0.280 bits per heavy atom. The average Bonchev–Trinajstić information content (AvgIpc) is 3.41. The lowest BCUT2D eigenvalue weighted by atomic mass is 10.0.